The Hall–Kier alpha value is -4.89. The van der Waals surface area contributed by atoms with Crippen LogP contribution in [0.15, 0.2) is 144 Å². The molecule has 1 atom stereocenters. The first-order chi connectivity index (χ1) is 25.3. The predicted octanol–water partition coefficient (Wildman–Crippen LogP) is 12.0. The molecule has 1 saturated carbocycles. The summed E-state index contributed by atoms with van der Waals surface area (Å²) in [6.45, 7) is 1.91. The zero-order valence-corrected chi connectivity index (χ0v) is 30.2. The summed E-state index contributed by atoms with van der Waals surface area (Å²) in [5.41, 5.74) is 7.71. The molecule has 50 heavy (non-hydrogen) atoms. The number of hydrogen-bond acceptors (Lipinski definition) is 3. The van der Waals surface area contributed by atoms with Crippen molar-refractivity contribution in [2.75, 3.05) is 0 Å². The van der Waals surface area contributed by atoms with E-state index in [4.69, 9.17) is 8.53 Å². The van der Waals surface area contributed by atoms with E-state index in [1.54, 1.807) is 12.4 Å². The smallest absolute Gasteiger partial charge is 0.121 e. The molecule has 0 spiro atoms. The maximum Gasteiger partial charge on any atom is 0.121 e. The third kappa shape index (κ3) is 7.33. The second-order valence-corrected chi connectivity index (χ2v) is 12.7. The molecule has 4 heteroatoms. The number of fused-ring (bicyclic) bond motifs is 4. The van der Waals surface area contributed by atoms with E-state index in [1.165, 1.54) is 5.39 Å². The molecule has 3 aromatic heterocycles. The van der Waals surface area contributed by atoms with Crippen molar-refractivity contribution in [2.24, 2.45) is 5.92 Å². The summed E-state index contributed by atoms with van der Waals surface area (Å²) in [4.78, 5) is 8.86. The van der Waals surface area contributed by atoms with Crippen molar-refractivity contribution in [1.29, 1.82) is 0 Å². The van der Waals surface area contributed by atoms with Crippen LogP contribution in [0.4, 0.5) is 0 Å². The van der Waals surface area contributed by atoms with Gasteiger partial charge in [-0.3, -0.25) is 0 Å². The van der Waals surface area contributed by atoms with Crippen molar-refractivity contribution in [3.63, 3.8) is 0 Å². The van der Waals surface area contributed by atoms with Gasteiger partial charge in [-0.15, -0.1) is 59.2 Å². The molecular weight excluding hydrogens is 789 g/mol. The van der Waals surface area contributed by atoms with Gasteiger partial charge >= 0.3 is 0 Å². The minimum Gasteiger partial charge on any atom is -0.500 e. The maximum atomic E-state index is 8.73. The summed E-state index contributed by atoms with van der Waals surface area (Å²) >= 11 is 0. The van der Waals surface area contributed by atoms with E-state index >= 15 is 0 Å². The molecule has 0 N–H and O–H groups in total. The summed E-state index contributed by atoms with van der Waals surface area (Å²) in [6, 6.07) is 48.3. The van der Waals surface area contributed by atoms with E-state index in [-0.39, 0.29) is 26.0 Å². The molecule has 1 aliphatic rings. The van der Waals surface area contributed by atoms with Gasteiger partial charge in [-0.05, 0) is 70.2 Å². The fourth-order valence-electron chi connectivity index (χ4n) is 6.72. The molecule has 8 aromatic rings. The van der Waals surface area contributed by atoms with Gasteiger partial charge in [0.2, 0.25) is 0 Å². The third-order valence-electron chi connectivity index (χ3n) is 9.43. The Balaban J connectivity index is 0.000000174. The Morgan fingerprint density at radius 3 is 2.18 bits per heavy atom. The minimum absolute atomic E-state index is 0. The first-order valence-corrected chi connectivity index (χ1v) is 17.0. The van der Waals surface area contributed by atoms with Crippen LogP contribution in [-0.2, 0) is 26.5 Å². The van der Waals surface area contributed by atoms with Gasteiger partial charge < -0.3 is 14.4 Å². The van der Waals surface area contributed by atoms with Crippen LogP contribution in [0.1, 0.15) is 59.3 Å². The average Bonchev–Trinajstić information content (AvgIpc) is 3.87. The van der Waals surface area contributed by atoms with Gasteiger partial charge in [0.1, 0.15) is 5.58 Å². The molecular formula is C46H38IrN2O-2. The van der Waals surface area contributed by atoms with Crippen LogP contribution in [-0.4, -0.2) is 9.97 Å². The molecule has 1 fully saturated rings. The Morgan fingerprint density at radius 1 is 0.700 bits per heavy atom. The number of pyridine rings is 2. The van der Waals surface area contributed by atoms with Crippen molar-refractivity contribution in [1.82, 2.24) is 9.97 Å². The van der Waals surface area contributed by atoms with Crippen LogP contribution >= 0.6 is 0 Å². The van der Waals surface area contributed by atoms with Crippen molar-refractivity contribution >= 4 is 32.7 Å². The summed E-state index contributed by atoms with van der Waals surface area (Å²) in [6.07, 6.45) is 6.31. The average molecular weight is 830 g/mol. The summed E-state index contributed by atoms with van der Waals surface area (Å²) in [5, 5.41) is 4.43. The third-order valence-corrected chi connectivity index (χ3v) is 9.43. The van der Waals surface area contributed by atoms with E-state index in [0.29, 0.717) is 5.56 Å². The summed E-state index contributed by atoms with van der Waals surface area (Å²) < 4.78 is 32.2. The number of nitrogens with zero attached hydrogens (tertiary/aromatic N) is 2. The minimum atomic E-state index is -1.33. The van der Waals surface area contributed by atoms with Gasteiger partial charge in [0.15, 0.2) is 0 Å². The fourth-order valence-corrected chi connectivity index (χ4v) is 6.72. The van der Waals surface area contributed by atoms with E-state index in [0.717, 1.165) is 86.6 Å². The Morgan fingerprint density at radius 2 is 1.42 bits per heavy atom. The zero-order chi connectivity index (χ0) is 35.7. The molecule has 3 nitrogen and oxygen atoms in total. The van der Waals surface area contributed by atoms with E-state index in [1.807, 2.05) is 104 Å². The second-order valence-electron chi connectivity index (χ2n) is 12.7. The topological polar surface area (TPSA) is 38.9 Å². The first kappa shape index (κ1) is 30.0. The number of rotatable bonds is 6. The zero-order valence-electron chi connectivity index (χ0n) is 30.8. The van der Waals surface area contributed by atoms with Gasteiger partial charge in [0.05, 0.1) is 5.58 Å². The normalized spacial score (nSPS) is 15.3. The van der Waals surface area contributed by atoms with Crippen LogP contribution in [0, 0.1) is 18.1 Å². The van der Waals surface area contributed by atoms with Crippen LogP contribution in [0.3, 0.4) is 0 Å². The molecule has 0 bridgehead atoms. The quantitative estimate of drug-likeness (QED) is 0.157. The van der Waals surface area contributed by atoms with E-state index in [9.17, 15) is 0 Å². The van der Waals surface area contributed by atoms with E-state index in [2.05, 4.69) is 52.4 Å². The number of furan rings is 1. The van der Waals surface area contributed by atoms with Gasteiger partial charge in [-0.2, -0.15) is 0 Å². The van der Waals surface area contributed by atoms with Crippen LogP contribution < -0.4 is 0 Å². The SMILES string of the molecule is [2H]C(C)(c1c[c-]c(-c2ccccn2)cc1)c1ccccc1.[2H]C([2H])(c1ccnc(-c2[c-]cc3oc4cc5ccccc5cc4c3c2)c1)C1CCCC1.[Ir]. The number of benzene rings is 5. The molecule has 5 aromatic carbocycles. The molecule has 249 valence electrons. The Kier molecular flexibility index (Phi) is 9.19. The molecule has 1 aliphatic carbocycles. The molecule has 9 rings (SSSR count). The standard InChI is InChI=1S/C27H22NO.C19H16N.Ir/c1-2-6-18(5-1)13-19-11-12-28-25(14-19)22-9-10-26-23(16-22)24-15-20-7-3-4-8-21(20)17-27(24)29-26;1-15(16-7-3-2-4-8-16)17-10-12-18(13-11-17)19-9-5-6-14-20-19;/h3-4,7-8,10-12,14-18H,1-2,5-6,13H2;2-12,14-15H,1H3;/q2*-1;/i13D2;15D;. The molecule has 1 unspecified atom stereocenters. The van der Waals surface area contributed by atoms with Gasteiger partial charge in [0, 0.05) is 42.0 Å². The number of aromatic nitrogens is 2. The summed E-state index contributed by atoms with van der Waals surface area (Å²) in [7, 11) is 0. The molecule has 0 saturated heterocycles. The Bertz CT molecular complexity index is 2480. The molecule has 1 radical (unpaired) electrons. The van der Waals surface area contributed by atoms with Crippen molar-refractivity contribution in [3.05, 3.63) is 169 Å². The molecule has 0 amide bonds. The van der Waals surface area contributed by atoms with Crippen LogP contribution in [0.5, 0.6) is 0 Å². The van der Waals surface area contributed by atoms with Crippen molar-refractivity contribution in [3.8, 4) is 22.5 Å². The molecule has 0 aliphatic heterocycles. The van der Waals surface area contributed by atoms with Gasteiger partial charge in [0.25, 0.3) is 0 Å². The summed E-state index contributed by atoms with van der Waals surface area (Å²) in [5.74, 6) is -0.694. The van der Waals surface area contributed by atoms with Crippen LogP contribution in [0.2, 0.25) is 0 Å². The molecule has 3 heterocycles. The monoisotopic (exact) mass is 830 g/mol. The van der Waals surface area contributed by atoms with Gasteiger partial charge in [-0.25, -0.2) is 0 Å². The predicted molar refractivity (Wildman–Crippen MR) is 201 cm³/mol. The van der Waals surface area contributed by atoms with E-state index < -0.39 is 12.3 Å². The van der Waals surface area contributed by atoms with Gasteiger partial charge in [-0.1, -0.05) is 116 Å². The van der Waals surface area contributed by atoms with Crippen molar-refractivity contribution in [2.45, 2.75) is 44.9 Å². The van der Waals surface area contributed by atoms with Crippen LogP contribution in [0.25, 0.3) is 55.2 Å². The van der Waals surface area contributed by atoms with Crippen molar-refractivity contribution < 1.29 is 28.6 Å². The Labute approximate surface area is 312 Å². The fraction of sp³-hybridized carbons (Fsp3) is 0.174. The second kappa shape index (κ2) is 15.3. The maximum absolute atomic E-state index is 8.73. The largest absolute Gasteiger partial charge is 0.500 e. The first-order valence-electron chi connectivity index (χ1n) is 18.5. The number of hydrogen-bond donors (Lipinski definition) is 0.